The Balaban J connectivity index is 0.949. The van der Waals surface area contributed by atoms with Crippen molar-refractivity contribution in [1.82, 2.24) is 5.32 Å². The third-order valence-corrected chi connectivity index (χ3v) is 15.9. The maximum atomic E-state index is 14.6. The number of nitrogens with two attached hydrogens (primary N) is 1. The molecule has 12 N–H and O–H groups in total. The first-order chi connectivity index (χ1) is 36.5. The highest BCUT2D eigenvalue weighted by atomic mass is 16.7. The van der Waals surface area contributed by atoms with Crippen molar-refractivity contribution >= 4 is 34.7 Å². The van der Waals surface area contributed by atoms with Crippen LogP contribution in [0, 0.1) is 0 Å². The summed E-state index contributed by atoms with van der Waals surface area (Å²) >= 11 is 0. The number of phenols is 4. The van der Waals surface area contributed by atoms with Gasteiger partial charge in [0.1, 0.15) is 52.3 Å². The average molecular weight is 1070 g/mol. The van der Waals surface area contributed by atoms with Gasteiger partial charge in [0, 0.05) is 84.0 Å². The second kappa shape index (κ2) is 19.6. The van der Waals surface area contributed by atoms with Gasteiger partial charge < -0.3 is 85.4 Å². The summed E-state index contributed by atoms with van der Waals surface area (Å²) in [5, 5.41) is 107. The zero-order chi connectivity index (χ0) is 55.5. The first-order valence-electron chi connectivity index (χ1n) is 24.8. The van der Waals surface area contributed by atoms with Crippen molar-refractivity contribution < 1.29 is 103 Å². The monoisotopic (exact) mass is 1070 g/mol. The minimum atomic E-state index is -2.48. The Labute approximate surface area is 437 Å². The van der Waals surface area contributed by atoms with Crippen molar-refractivity contribution in [3.8, 4) is 34.5 Å². The number of nitrogens with one attached hydrogen (secondary N) is 1. The van der Waals surface area contributed by atoms with E-state index in [1.54, 1.807) is 0 Å². The number of carbonyl (C=O) groups excluding carboxylic acids is 6. The number of hydrogen-bond acceptors (Lipinski definition) is 23. The van der Waals surface area contributed by atoms with E-state index in [2.05, 4.69) is 5.32 Å². The number of fused-ring (bicyclic) bond motifs is 6. The molecule has 2 fully saturated rings. The fraction of sp³-hybridized carbons (Fsp3) is 0.444. The molecule has 23 heteroatoms. The third kappa shape index (κ3) is 8.48. The molecule has 408 valence electrons. The molecule has 10 rings (SSSR count). The molecule has 4 aliphatic carbocycles. The number of benzene rings is 4. The van der Waals surface area contributed by atoms with Crippen molar-refractivity contribution in [3.63, 3.8) is 0 Å². The number of methoxy groups -OCH3 is 2. The number of ketones is 6. The third-order valence-electron chi connectivity index (χ3n) is 15.9. The number of hydrogen-bond donors (Lipinski definition) is 11. The Morgan fingerprint density at radius 1 is 0.636 bits per heavy atom. The largest absolute Gasteiger partial charge is 0.507 e. The quantitative estimate of drug-likeness (QED) is 0.0750. The van der Waals surface area contributed by atoms with Gasteiger partial charge >= 0.3 is 0 Å². The topological polar surface area (TPSA) is 378 Å². The van der Waals surface area contributed by atoms with E-state index in [0.717, 1.165) is 0 Å². The maximum absolute atomic E-state index is 14.6. The lowest BCUT2D eigenvalue weighted by Crippen LogP contribution is -2.57. The van der Waals surface area contributed by atoms with Crippen LogP contribution in [-0.4, -0.2) is 168 Å². The Morgan fingerprint density at radius 2 is 1.06 bits per heavy atom. The fourth-order valence-electron chi connectivity index (χ4n) is 11.9. The van der Waals surface area contributed by atoms with E-state index in [9.17, 15) is 74.7 Å². The van der Waals surface area contributed by atoms with Gasteiger partial charge in [-0.2, -0.15) is 0 Å². The summed E-state index contributed by atoms with van der Waals surface area (Å²) in [6.07, 6.45) is -13.5. The average Bonchev–Trinajstić information content (AvgIpc) is 3.43. The van der Waals surface area contributed by atoms with Gasteiger partial charge in [-0.25, -0.2) is 0 Å². The van der Waals surface area contributed by atoms with Crippen LogP contribution in [0.2, 0.25) is 0 Å². The number of rotatable bonds is 12. The lowest BCUT2D eigenvalue weighted by molar-refractivity contribution is -0.250. The molecule has 2 aliphatic heterocycles. The number of aliphatic hydroxyl groups excluding tert-OH is 3. The summed E-state index contributed by atoms with van der Waals surface area (Å²) in [4.78, 5) is 84.2. The van der Waals surface area contributed by atoms with Gasteiger partial charge in [-0.3, -0.25) is 28.8 Å². The minimum absolute atomic E-state index is 0.00123. The molecule has 0 amide bonds. The summed E-state index contributed by atoms with van der Waals surface area (Å²) in [5.41, 5.74) is -2.93. The van der Waals surface area contributed by atoms with E-state index in [4.69, 9.17) is 34.2 Å². The van der Waals surface area contributed by atoms with E-state index in [1.807, 2.05) is 0 Å². The predicted molar refractivity (Wildman–Crippen MR) is 260 cm³/mol. The van der Waals surface area contributed by atoms with Crippen molar-refractivity contribution in [2.24, 2.45) is 5.73 Å². The van der Waals surface area contributed by atoms with E-state index >= 15 is 0 Å². The van der Waals surface area contributed by atoms with Gasteiger partial charge in [-0.05, 0) is 26.0 Å². The molecule has 0 radical (unpaired) electrons. The molecule has 0 bridgehead atoms. The van der Waals surface area contributed by atoms with Crippen LogP contribution in [0.4, 0.5) is 0 Å². The van der Waals surface area contributed by atoms with Crippen LogP contribution in [0.3, 0.4) is 0 Å². The summed E-state index contributed by atoms with van der Waals surface area (Å²) in [6, 6.07) is 6.45. The molecular formula is C54H56N2O21. The molecule has 0 spiro atoms. The fourth-order valence-corrected chi connectivity index (χ4v) is 11.9. The van der Waals surface area contributed by atoms with Gasteiger partial charge in [0.15, 0.2) is 35.7 Å². The van der Waals surface area contributed by atoms with E-state index in [0.29, 0.717) is 0 Å². The Morgan fingerprint density at radius 3 is 1.51 bits per heavy atom. The van der Waals surface area contributed by atoms with Gasteiger partial charge in [0.25, 0.3) is 0 Å². The number of carbonyl (C=O) groups is 6. The Bertz CT molecular complexity index is 3200. The van der Waals surface area contributed by atoms with Crippen molar-refractivity contribution in [3.05, 3.63) is 103 Å². The zero-order valence-corrected chi connectivity index (χ0v) is 41.9. The predicted octanol–water partition coefficient (Wildman–Crippen LogP) is 0.655. The molecule has 2 heterocycles. The first-order valence-corrected chi connectivity index (χ1v) is 24.8. The second-order valence-corrected chi connectivity index (χ2v) is 20.5. The van der Waals surface area contributed by atoms with Gasteiger partial charge in [-0.1, -0.05) is 24.3 Å². The van der Waals surface area contributed by atoms with Gasteiger partial charge in [0.05, 0.1) is 90.8 Å². The molecule has 77 heavy (non-hydrogen) atoms. The van der Waals surface area contributed by atoms with Crippen LogP contribution >= 0.6 is 0 Å². The molecule has 12 atom stereocenters. The first kappa shape index (κ1) is 53.6. The van der Waals surface area contributed by atoms with E-state index in [-0.39, 0.29) is 68.8 Å². The molecule has 0 aromatic heterocycles. The summed E-state index contributed by atoms with van der Waals surface area (Å²) in [6.45, 7) is 1.11. The molecule has 6 aliphatic rings. The molecule has 2 saturated heterocycles. The lowest BCUT2D eigenvalue weighted by Gasteiger charge is -2.43. The molecule has 3 unspecified atom stereocenters. The van der Waals surface area contributed by atoms with Crippen LogP contribution in [-0.2, 0) is 41.4 Å². The van der Waals surface area contributed by atoms with Crippen molar-refractivity contribution in [1.29, 1.82) is 0 Å². The molecule has 0 saturated carbocycles. The van der Waals surface area contributed by atoms with Crippen molar-refractivity contribution in [2.45, 2.75) is 125 Å². The van der Waals surface area contributed by atoms with Crippen LogP contribution in [0.25, 0.3) is 0 Å². The van der Waals surface area contributed by atoms with Crippen LogP contribution in [0.15, 0.2) is 36.4 Å². The number of aromatic hydroxyl groups is 4. The lowest BCUT2D eigenvalue weighted by atomic mass is 9.71. The molecular weight excluding hydrogens is 1010 g/mol. The van der Waals surface area contributed by atoms with Crippen LogP contribution in [0.1, 0.15) is 138 Å². The minimum Gasteiger partial charge on any atom is -0.507 e. The number of aliphatic hydroxyl groups is 5. The Hall–Kier alpha value is -6.74. The highest BCUT2D eigenvalue weighted by Gasteiger charge is 2.53. The summed E-state index contributed by atoms with van der Waals surface area (Å²) in [5.74, 6) is -8.76. The van der Waals surface area contributed by atoms with E-state index in [1.165, 1.54) is 64.5 Å². The number of phenolic OH excluding ortho intramolecular Hbond substituents is 4. The van der Waals surface area contributed by atoms with Crippen molar-refractivity contribution in [2.75, 3.05) is 27.4 Å². The summed E-state index contributed by atoms with van der Waals surface area (Å²) < 4.78 is 35.3. The van der Waals surface area contributed by atoms with E-state index < -0.39 is 191 Å². The summed E-state index contributed by atoms with van der Waals surface area (Å²) in [7, 11) is 2.56. The zero-order valence-electron chi connectivity index (χ0n) is 41.9. The standard InChI is InChI=1S/C54H56N2O21/c1-19-43(60)25(55)11-33(74-19)76-29-15-53(70,13-23-37(29)51(68)41-39(47(23)64)45(62)21-7-5-9-27(72-3)35(21)49(41)66)31(58)17-56-26-12-34(75-20(2)44(26)61)77-30-16-54(71,32(59)18-57)14-24-38(30)52(69)42-40(48(24)65)46(63)22-8-6-10-28(73-4)36(22)50(42)67/h5-10,19-20,25-26,29-30,33-34,43-44,56-57,60-61,64-65,68-71H,11-18,55H2,1-4H3/t19-,20?,25-,26?,29-,30-,33-,34-,43+,44+,53?,54-/m0/s1. The number of ether oxygens (including phenoxy) is 6. The normalized spacial score (nSPS) is 30.3. The maximum Gasteiger partial charge on any atom is 0.202 e. The smallest absolute Gasteiger partial charge is 0.202 e. The van der Waals surface area contributed by atoms with Crippen LogP contribution < -0.4 is 20.5 Å². The molecule has 4 aromatic rings. The highest BCUT2D eigenvalue weighted by Crippen LogP contribution is 2.55. The van der Waals surface area contributed by atoms with Crippen LogP contribution in [0.5, 0.6) is 34.5 Å². The Kier molecular flexibility index (Phi) is 13.7. The second-order valence-electron chi connectivity index (χ2n) is 20.5. The SMILES string of the molecule is COc1cccc2c1C(=O)c1c(O)c3c(c(O)c1C2=O)CC(O)(C(=O)CNC1C[C@H](O[C@H]2C[C@](O)(C(=O)CO)Cc4c(O)c5c(c(O)c42)C(=O)c2c(OC)cccc2C5=O)OC(C)[C@H]1O)C[C@@H]3O[C@H]1C[C@H](N)[C@H](O)[C@H](C)O1. The molecule has 4 aromatic carbocycles. The number of Topliss-reactive ketones (excluding diaryl/α,β-unsaturated/α-hetero) is 2. The molecule has 23 nitrogen and oxygen atoms in total. The van der Waals surface area contributed by atoms with Gasteiger partial charge in [-0.15, -0.1) is 0 Å². The highest BCUT2D eigenvalue weighted by molar-refractivity contribution is 6.32. The van der Waals surface area contributed by atoms with Gasteiger partial charge in [0.2, 0.25) is 11.6 Å².